The summed E-state index contributed by atoms with van der Waals surface area (Å²) in [5.41, 5.74) is 23.9. The lowest BCUT2D eigenvalue weighted by Crippen LogP contribution is -2.72. The van der Waals surface area contributed by atoms with Crippen LogP contribution in [-0.2, 0) is 0 Å². The topological polar surface area (TPSA) is 13.0 Å². The Bertz CT molecular complexity index is 3990. The predicted molar refractivity (Wildman–Crippen MR) is 321 cm³/mol. The van der Waals surface area contributed by atoms with Gasteiger partial charge in [-0.1, -0.05) is 157 Å². The Balaban J connectivity index is 1.04. The van der Waals surface area contributed by atoms with Crippen LogP contribution >= 0.6 is 0 Å². The highest BCUT2D eigenvalue weighted by molar-refractivity contribution is 7.22. The van der Waals surface area contributed by atoms with Gasteiger partial charge >= 0.3 is 0 Å². The fourth-order valence-corrected chi connectivity index (χ4v) is 18.1. The molecule has 0 saturated heterocycles. The quantitative estimate of drug-likeness (QED) is 0.154. The minimum atomic E-state index is -2.92. The third-order valence-electron chi connectivity index (χ3n) is 16.0. The van der Waals surface area contributed by atoms with Crippen molar-refractivity contribution in [2.75, 3.05) is 19.6 Å². The maximum Gasteiger partial charge on any atom is 0.180 e. The highest BCUT2D eigenvalue weighted by atomic mass is 28.3. The molecule has 0 unspecified atom stereocenters. The third-order valence-corrected chi connectivity index (χ3v) is 20.8. The summed E-state index contributed by atoms with van der Waals surface area (Å²) in [6.45, 7) is 13.2. The molecule has 4 nitrogen and oxygen atoms in total. The molecule has 11 aromatic rings. The van der Waals surface area contributed by atoms with Crippen LogP contribution in [0.25, 0.3) is 21.9 Å². The van der Waals surface area contributed by atoms with Crippen LogP contribution in [0.5, 0.6) is 0 Å². The molecule has 0 bridgehead atoms. The zero-order valence-electron chi connectivity index (χ0n) is 43.2. The summed E-state index contributed by atoms with van der Waals surface area (Å²) in [6, 6.07) is 87.8. The van der Waals surface area contributed by atoms with Crippen molar-refractivity contribution in [2.45, 2.75) is 41.5 Å². The van der Waals surface area contributed by atoms with Crippen LogP contribution in [0.3, 0.4) is 0 Å². The normalized spacial score (nSPS) is 13.7. The Labute approximate surface area is 441 Å². The van der Waals surface area contributed by atoms with Gasteiger partial charge < -0.3 is 19.6 Å². The van der Waals surface area contributed by atoms with Gasteiger partial charge in [-0.15, -0.1) is 0 Å². The van der Waals surface area contributed by atoms with Crippen molar-refractivity contribution < 1.29 is 0 Å². The molecule has 5 heteroatoms. The summed E-state index contributed by atoms with van der Waals surface area (Å²) < 4.78 is 0. The lowest BCUT2D eigenvalue weighted by Gasteiger charge is -2.42. The number of aryl methyl sites for hydroxylation is 6. The molecule has 0 aromatic heterocycles. The zero-order valence-corrected chi connectivity index (χ0v) is 44.2. The van der Waals surface area contributed by atoms with E-state index in [0.29, 0.717) is 0 Å². The number of benzene rings is 11. The number of nitrogens with zero attached hydrogens (tertiary/aromatic N) is 4. The van der Waals surface area contributed by atoms with Crippen LogP contribution in [0.1, 0.15) is 33.4 Å². The van der Waals surface area contributed by atoms with E-state index in [2.05, 4.69) is 292 Å². The van der Waals surface area contributed by atoms with Gasteiger partial charge in [0.25, 0.3) is 0 Å². The zero-order chi connectivity index (χ0) is 50.7. The van der Waals surface area contributed by atoms with Gasteiger partial charge in [-0.25, -0.2) is 0 Å². The van der Waals surface area contributed by atoms with Crippen molar-refractivity contribution in [3.05, 3.63) is 264 Å². The lowest BCUT2D eigenvalue weighted by molar-refractivity contribution is 1.16. The van der Waals surface area contributed by atoms with E-state index in [4.69, 9.17) is 0 Å². The van der Waals surface area contributed by atoms with Crippen molar-refractivity contribution >= 4 is 108 Å². The highest BCUT2D eigenvalue weighted by Gasteiger charge is 2.50. The second-order valence-corrected chi connectivity index (χ2v) is 24.8. The molecule has 0 fully saturated rings. The minimum absolute atomic E-state index is 1.13. The van der Waals surface area contributed by atoms with Gasteiger partial charge in [-0.3, -0.25) is 0 Å². The van der Waals surface area contributed by atoms with Gasteiger partial charge in [0.1, 0.15) is 0 Å². The van der Waals surface area contributed by atoms with Crippen molar-refractivity contribution in [1.29, 1.82) is 0 Å². The monoisotopic (exact) mass is 980 g/mol. The molecule has 3 heterocycles. The van der Waals surface area contributed by atoms with Crippen LogP contribution in [0.2, 0.25) is 0 Å². The summed E-state index contributed by atoms with van der Waals surface area (Å²) in [5.74, 6) is 0. The first-order valence-corrected chi connectivity index (χ1v) is 28.2. The molecule has 3 aliphatic heterocycles. The van der Waals surface area contributed by atoms with Crippen molar-refractivity contribution in [1.82, 2.24) is 0 Å². The third kappa shape index (κ3) is 6.81. The first-order valence-electron chi connectivity index (χ1n) is 26.2. The van der Waals surface area contributed by atoms with Crippen LogP contribution in [0, 0.1) is 41.5 Å². The van der Waals surface area contributed by atoms with E-state index in [-0.39, 0.29) is 0 Å². The van der Waals surface area contributed by atoms with E-state index in [1.165, 1.54) is 76.0 Å². The van der Waals surface area contributed by atoms with Crippen molar-refractivity contribution in [3.63, 3.8) is 0 Å². The SMILES string of the molecule is Cc1ccc([Si]2(c3ccc(C)cc3)c3ccccc3-c3cc4c(cc32)N(c2cccc3c(N5c6ccccc6N(c6cc(C)cc(C)c6)c6ccccc65)cccc23)c2ccccc2N4c2cc(C)cc(C)c2)cc1. The molecular weight excluding hydrogens is 925 g/mol. The molecule has 14 rings (SSSR count). The van der Waals surface area contributed by atoms with Crippen LogP contribution < -0.4 is 40.3 Å². The lowest BCUT2D eigenvalue weighted by atomic mass is 9.97. The molecule has 360 valence electrons. The molecule has 0 spiro atoms. The van der Waals surface area contributed by atoms with Crippen LogP contribution in [-0.4, -0.2) is 8.07 Å². The molecule has 75 heavy (non-hydrogen) atoms. The molecule has 0 aliphatic carbocycles. The largest absolute Gasteiger partial charge is 0.306 e. The summed E-state index contributed by atoms with van der Waals surface area (Å²) >= 11 is 0. The maximum atomic E-state index is 2.61. The van der Waals surface area contributed by atoms with Gasteiger partial charge in [0.15, 0.2) is 8.07 Å². The molecule has 11 aromatic carbocycles. The smallest absolute Gasteiger partial charge is 0.180 e. The second-order valence-electron chi connectivity index (χ2n) is 21.1. The fourth-order valence-electron chi connectivity index (χ4n) is 13.0. The number of hydrogen-bond donors (Lipinski definition) is 0. The van der Waals surface area contributed by atoms with E-state index < -0.39 is 8.07 Å². The fraction of sp³-hybridized carbons (Fsp3) is 0.0857. The molecule has 0 N–H and O–H groups in total. The second kappa shape index (κ2) is 17.1. The Kier molecular flexibility index (Phi) is 10.2. The van der Waals surface area contributed by atoms with Gasteiger partial charge in [0.05, 0.1) is 56.9 Å². The van der Waals surface area contributed by atoms with Crippen LogP contribution in [0.4, 0.5) is 68.2 Å². The minimum Gasteiger partial charge on any atom is -0.306 e. The Morgan fingerprint density at radius 3 is 1.05 bits per heavy atom. The molecule has 0 atom stereocenters. The summed E-state index contributed by atoms with van der Waals surface area (Å²) in [5, 5.41) is 7.98. The van der Waals surface area contributed by atoms with Gasteiger partial charge in [-0.2, -0.15) is 0 Å². The van der Waals surface area contributed by atoms with Crippen LogP contribution in [0.15, 0.2) is 231 Å². The van der Waals surface area contributed by atoms with Gasteiger partial charge in [0, 0.05) is 22.1 Å². The number of anilines is 12. The predicted octanol–water partition coefficient (Wildman–Crippen LogP) is 16.6. The average Bonchev–Trinajstić information content (AvgIpc) is 3.73. The van der Waals surface area contributed by atoms with Crippen molar-refractivity contribution in [2.24, 2.45) is 0 Å². The van der Waals surface area contributed by atoms with E-state index in [1.807, 2.05) is 0 Å². The molecule has 3 aliphatic rings. The van der Waals surface area contributed by atoms with E-state index in [9.17, 15) is 0 Å². The van der Waals surface area contributed by atoms with E-state index in [1.54, 1.807) is 0 Å². The van der Waals surface area contributed by atoms with Gasteiger partial charge in [-0.05, 0) is 181 Å². The van der Waals surface area contributed by atoms with Gasteiger partial charge in [0.2, 0.25) is 0 Å². The molecule has 0 saturated carbocycles. The molecular formula is C70H56N4Si. The first-order chi connectivity index (χ1) is 36.6. The molecule has 0 radical (unpaired) electrons. The maximum absolute atomic E-state index is 2.92. The average molecular weight is 981 g/mol. The standard InChI is InChI=1S/C70H56N4Si/c1-45-29-33-53(34-30-45)75(54-35-31-46(2)32-36-54)69-28-14-7-17-57(69)58-43-67-68(44-70(58)75)74(66-25-13-10-22-63(66)72(67)52-41-49(5)38-50(6)42-52)60-27-16-18-55-56(60)19-15-26-59(55)73-64-23-11-8-20-61(64)71(62-21-9-12-24-65(62)73)51-39-47(3)37-48(4)40-51/h7-44H,1-6H3. The van der Waals surface area contributed by atoms with Crippen molar-refractivity contribution in [3.8, 4) is 11.1 Å². The number of rotatable bonds is 6. The highest BCUT2D eigenvalue weighted by Crippen LogP contribution is 2.59. The first kappa shape index (κ1) is 44.8. The summed E-state index contributed by atoms with van der Waals surface area (Å²) in [4.78, 5) is 10.0. The van der Waals surface area contributed by atoms with E-state index >= 15 is 0 Å². The van der Waals surface area contributed by atoms with E-state index in [0.717, 1.165) is 68.2 Å². The molecule has 0 amide bonds. The summed E-state index contributed by atoms with van der Waals surface area (Å²) in [7, 11) is -2.92. The number of para-hydroxylation sites is 6. The summed E-state index contributed by atoms with van der Waals surface area (Å²) in [6.07, 6.45) is 0. The Hall–Kier alpha value is -8.90. The number of hydrogen-bond acceptors (Lipinski definition) is 4. The number of fused-ring (bicyclic) bond motifs is 8. The Morgan fingerprint density at radius 2 is 0.600 bits per heavy atom. The Morgan fingerprint density at radius 1 is 0.240 bits per heavy atom.